The van der Waals surface area contributed by atoms with Crippen LogP contribution in [0.1, 0.15) is 26.7 Å². The molecule has 0 aromatic carbocycles. The Morgan fingerprint density at radius 1 is 1.16 bits per heavy atom. The summed E-state index contributed by atoms with van der Waals surface area (Å²) in [6, 6.07) is 0.654. The van der Waals surface area contributed by atoms with Gasteiger partial charge in [-0.1, -0.05) is 12.8 Å². The summed E-state index contributed by atoms with van der Waals surface area (Å²) in [5.41, 5.74) is -1.67. The number of rotatable bonds is 3. The SMILES string of the molecule is CC(C)(C(=O)O)C(=O)O.C[N-]C1CCN(C)CC1.[Pt+2]. The monoisotopic (exact) mass is 454 g/mol. The summed E-state index contributed by atoms with van der Waals surface area (Å²) < 4.78 is 0. The zero-order chi connectivity index (χ0) is 14.3. The van der Waals surface area contributed by atoms with Crippen LogP contribution < -0.4 is 0 Å². The Labute approximate surface area is 128 Å². The maximum absolute atomic E-state index is 10.1. The molecule has 7 heteroatoms. The Morgan fingerprint density at radius 2 is 1.53 bits per heavy atom. The number of piperidine rings is 1. The van der Waals surface area contributed by atoms with Crippen LogP contribution in [0, 0.1) is 5.41 Å². The summed E-state index contributed by atoms with van der Waals surface area (Å²) in [5.74, 6) is -2.65. The van der Waals surface area contributed by atoms with E-state index in [1.807, 2.05) is 7.05 Å². The van der Waals surface area contributed by atoms with E-state index >= 15 is 0 Å². The molecule has 6 nitrogen and oxygen atoms in total. The summed E-state index contributed by atoms with van der Waals surface area (Å²) in [4.78, 5) is 22.5. The smallest absolute Gasteiger partial charge is 0.662 e. The van der Waals surface area contributed by atoms with Crippen molar-refractivity contribution in [3.63, 3.8) is 0 Å². The van der Waals surface area contributed by atoms with Crippen LogP contribution in [0.15, 0.2) is 0 Å². The van der Waals surface area contributed by atoms with Crippen LogP contribution in [0.2, 0.25) is 0 Å². The van der Waals surface area contributed by atoms with E-state index in [0.717, 1.165) is 13.8 Å². The Bertz CT molecular complexity index is 273. The molecular weight excluding hydrogens is 431 g/mol. The van der Waals surface area contributed by atoms with Crippen LogP contribution >= 0.6 is 0 Å². The molecular formula is C12H23N2O4Pt+. The van der Waals surface area contributed by atoms with Crippen molar-refractivity contribution < 1.29 is 40.9 Å². The first kappa shape index (κ1) is 20.9. The van der Waals surface area contributed by atoms with Gasteiger partial charge in [0.05, 0.1) is 0 Å². The van der Waals surface area contributed by atoms with Crippen molar-refractivity contribution in [2.75, 3.05) is 27.2 Å². The van der Waals surface area contributed by atoms with Crippen molar-refractivity contribution in [2.24, 2.45) is 5.41 Å². The molecule has 1 aliphatic rings. The Balaban J connectivity index is 0. The van der Waals surface area contributed by atoms with Gasteiger partial charge in [0.25, 0.3) is 0 Å². The molecule has 1 saturated heterocycles. The third-order valence-corrected chi connectivity index (χ3v) is 3.12. The maximum Gasteiger partial charge on any atom is 2.00 e. The molecule has 19 heavy (non-hydrogen) atoms. The predicted octanol–water partition coefficient (Wildman–Crippen LogP) is 1.26. The molecule has 0 unspecified atom stereocenters. The van der Waals surface area contributed by atoms with Gasteiger partial charge in [-0.25, -0.2) is 0 Å². The zero-order valence-electron chi connectivity index (χ0n) is 11.8. The van der Waals surface area contributed by atoms with Crippen molar-refractivity contribution in [1.29, 1.82) is 0 Å². The number of hydrogen-bond acceptors (Lipinski definition) is 3. The molecule has 1 fully saturated rings. The summed E-state index contributed by atoms with van der Waals surface area (Å²) >= 11 is 0. The predicted molar refractivity (Wildman–Crippen MR) is 68.9 cm³/mol. The molecule has 0 amide bonds. The van der Waals surface area contributed by atoms with Gasteiger partial charge >= 0.3 is 33.0 Å². The van der Waals surface area contributed by atoms with Crippen LogP contribution in [-0.4, -0.2) is 60.3 Å². The Morgan fingerprint density at radius 3 is 1.74 bits per heavy atom. The fraction of sp³-hybridized carbons (Fsp3) is 0.833. The fourth-order valence-corrected chi connectivity index (χ4v) is 1.34. The van der Waals surface area contributed by atoms with Gasteiger partial charge in [-0.05, 0) is 34.0 Å². The summed E-state index contributed by atoms with van der Waals surface area (Å²) in [7, 11) is 4.10. The number of carboxylic acid groups (broad SMARTS) is 2. The largest absolute Gasteiger partial charge is 2.00 e. The molecule has 114 valence electrons. The van der Waals surface area contributed by atoms with E-state index in [4.69, 9.17) is 10.2 Å². The van der Waals surface area contributed by atoms with Gasteiger partial charge in [0.15, 0.2) is 5.41 Å². The van der Waals surface area contributed by atoms with E-state index in [0.29, 0.717) is 6.04 Å². The topological polar surface area (TPSA) is 91.9 Å². The molecule has 0 bridgehead atoms. The van der Waals surface area contributed by atoms with Gasteiger partial charge in [-0.15, -0.1) is 6.04 Å². The Hall–Kier alpha value is -0.452. The van der Waals surface area contributed by atoms with E-state index < -0.39 is 17.4 Å². The van der Waals surface area contributed by atoms with Crippen molar-refractivity contribution in [3.05, 3.63) is 5.32 Å². The van der Waals surface area contributed by atoms with Crippen molar-refractivity contribution in [1.82, 2.24) is 4.90 Å². The number of likely N-dealkylation sites (tertiary alicyclic amines) is 1. The van der Waals surface area contributed by atoms with E-state index in [-0.39, 0.29) is 21.1 Å². The van der Waals surface area contributed by atoms with Gasteiger partial charge in [0.2, 0.25) is 0 Å². The second-order valence-corrected chi connectivity index (χ2v) is 5.03. The summed E-state index contributed by atoms with van der Waals surface area (Å²) in [5, 5.41) is 20.7. The summed E-state index contributed by atoms with van der Waals surface area (Å²) in [6.07, 6.45) is 2.51. The minimum absolute atomic E-state index is 0. The second-order valence-electron chi connectivity index (χ2n) is 5.03. The molecule has 0 radical (unpaired) electrons. The van der Waals surface area contributed by atoms with E-state index in [9.17, 15) is 9.59 Å². The molecule has 0 aliphatic carbocycles. The van der Waals surface area contributed by atoms with E-state index in [1.54, 1.807) is 0 Å². The molecule has 0 saturated carbocycles. The zero-order valence-corrected chi connectivity index (χ0v) is 14.1. The van der Waals surface area contributed by atoms with Crippen molar-refractivity contribution in [3.8, 4) is 0 Å². The molecule has 2 N–H and O–H groups in total. The van der Waals surface area contributed by atoms with Crippen LogP contribution in [0.5, 0.6) is 0 Å². The van der Waals surface area contributed by atoms with Crippen molar-refractivity contribution >= 4 is 11.9 Å². The first-order valence-electron chi connectivity index (χ1n) is 5.96. The first-order valence-corrected chi connectivity index (χ1v) is 5.96. The van der Waals surface area contributed by atoms with E-state index in [1.165, 1.54) is 25.9 Å². The maximum atomic E-state index is 10.1. The second kappa shape index (κ2) is 9.45. The minimum Gasteiger partial charge on any atom is -0.662 e. The van der Waals surface area contributed by atoms with Crippen LogP contribution in [0.3, 0.4) is 0 Å². The molecule has 0 atom stereocenters. The number of hydrogen-bond donors (Lipinski definition) is 2. The minimum atomic E-state index is -1.67. The Kier molecular flexibility index (Phi) is 10.4. The van der Waals surface area contributed by atoms with E-state index in [2.05, 4.69) is 17.3 Å². The third kappa shape index (κ3) is 7.65. The average Bonchev–Trinajstić information content (AvgIpc) is 2.30. The molecule has 1 aliphatic heterocycles. The molecule has 0 spiro atoms. The first-order chi connectivity index (χ1) is 8.21. The quantitative estimate of drug-likeness (QED) is 0.627. The molecule has 0 aromatic heterocycles. The van der Waals surface area contributed by atoms with Gasteiger partial charge in [-0.2, -0.15) is 7.05 Å². The van der Waals surface area contributed by atoms with Gasteiger partial charge in [-0.3, -0.25) is 9.59 Å². The fourth-order valence-electron chi connectivity index (χ4n) is 1.34. The molecule has 0 aromatic rings. The summed E-state index contributed by atoms with van der Waals surface area (Å²) in [6.45, 7) is 4.72. The third-order valence-electron chi connectivity index (χ3n) is 3.12. The number of carbonyl (C=O) groups is 2. The van der Waals surface area contributed by atoms with Crippen molar-refractivity contribution in [2.45, 2.75) is 32.7 Å². The molecule has 1 heterocycles. The van der Waals surface area contributed by atoms with Gasteiger partial charge < -0.3 is 20.4 Å². The van der Waals surface area contributed by atoms with Crippen LogP contribution in [0.25, 0.3) is 5.32 Å². The standard InChI is InChI=1S/C7H15N2.C5H8O4.Pt/c1-8-7-3-5-9(2)6-4-7;1-5(2,3(6)7)4(8)9;/h7H,3-6H2,1-2H3;1-2H3,(H,6,7)(H,8,9);/q-1;;+2. The number of aliphatic carboxylic acids is 2. The van der Waals surface area contributed by atoms with Gasteiger partial charge in [0, 0.05) is 0 Å². The number of carboxylic acids is 2. The normalized spacial score (nSPS) is 16.8. The number of nitrogens with zero attached hydrogens (tertiary/aromatic N) is 2. The average molecular weight is 454 g/mol. The van der Waals surface area contributed by atoms with Gasteiger partial charge in [0.1, 0.15) is 0 Å². The molecule has 1 rings (SSSR count). The van der Waals surface area contributed by atoms with Crippen LogP contribution in [-0.2, 0) is 30.7 Å². The van der Waals surface area contributed by atoms with Crippen LogP contribution in [0.4, 0.5) is 0 Å².